The first-order valence-electron chi connectivity index (χ1n) is 5.26. The molecular formula is C10H18N2O2S2. The maximum atomic E-state index is 12.2. The van der Waals surface area contributed by atoms with E-state index in [1.165, 1.54) is 15.6 Å². The Balaban J connectivity index is 3.21. The molecule has 0 aliphatic heterocycles. The largest absolute Gasteiger partial charge is 0.326 e. The van der Waals surface area contributed by atoms with Crippen LogP contribution in [0.1, 0.15) is 23.6 Å². The molecule has 0 atom stereocenters. The smallest absolute Gasteiger partial charge is 0.244 e. The van der Waals surface area contributed by atoms with E-state index in [-0.39, 0.29) is 0 Å². The van der Waals surface area contributed by atoms with Crippen molar-refractivity contribution >= 4 is 21.4 Å². The third-order valence-electron chi connectivity index (χ3n) is 2.45. The quantitative estimate of drug-likeness (QED) is 0.875. The summed E-state index contributed by atoms with van der Waals surface area (Å²) in [6, 6.07) is 1.69. The van der Waals surface area contributed by atoms with Crippen molar-refractivity contribution in [3.05, 3.63) is 15.8 Å². The first kappa shape index (κ1) is 13.6. The molecule has 0 bridgehead atoms. The van der Waals surface area contributed by atoms with Crippen LogP contribution in [0.15, 0.2) is 11.0 Å². The fraction of sp³-hybridized carbons (Fsp3) is 0.600. The average molecular weight is 262 g/mol. The van der Waals surface area contributed by atoms with E-state index < -0.39 is 10.0 Å². The number of hydrogen-bond acceptors (Lipinski definition) is 4. The summed E-state index contributed by atoms with van der Waals surface area (Å²) in [5, 5.41) is 0. The minimum atomic E-state index is -3.33. The van der Waals surface area contributed by atoms with Crippen LogP contribution in [-0.2, 0) is 16.6 Å². The highest BCUT2D eigenvalue weighted by Crippen LogP contribution is 2.27. The summed E-state index contributed by atoms with van der Waals surface area (Å²) in [4.78, 5) is 2.12. The van der Waals surface area contributed by atoms with Gasteiger partial charge in [-0.3, -0.25) is 0 Å². The molecule has 4 nitrogen and oxygen atoms in total. The monoisotopic (exact) mass is 262 g/mol. The molecule has 0 aromatic carbocycles. The maximum absolute atomic E-state index is 12.2. The van der Waals surface area contributed by atoms with Crippen LogP contribution in [-0.4, -0.2) is 25.8 Å². The SMILES string of the molecule is CCN(CC)S(=O)(=O)c1cc(CN)sc1C. The second kappa shape index (κ2) is 5.27. The highest BCUT2D eigenvalue weighted by molar-refractivity contribution is 7.89. The molecule has 2 N–H and O–H groups in total. The zero-order valence-electron chi connectivity index (χ0n) is 9.86. The van der Waals surface area contributed by atoms with Crippen molar-refractivity contribution < 1.29 is 8.42 Å². The number of sulfonamides is 1. The van der Waals surface area contributed by atoms with E-state index in [9.17, 15) is 8.42 Å². The average Bonchev–Trinajstić information content (AvgIpc) is 2.61. The number of hydrogen-bond donors (Lipinski definition) is 1. The van der Waals surface area contributed by atoms with E-state index in [1.54, 1.807) is 6.07 Å². The van der Waals surface area contributed by atoms with Gasteiger partial charge < -0.3 is 5.73 Å². The lowest BCUT2D eigenvalue weighted by Gasteiger charge is -2.17. The van der Waals surface area contributed by atoms with Gasteiger partial charge in [0, 0.05) is 29.4 Å². The fourth-order valence-electron chi connectivity index (χ4n) is 1.58. The van der Waals surface area contributed by atoms with Gasteiger partial charge in [-0.15, -0.1) is 11.3 Å². The predicted octanol–water partition coefficient (Wildman–Crippen LogP) is 1.55. The molecule has 6 heteroatoms. The van der Waals surface area contributed by atoms with Gasteiger partial charge in [-0.2, -0.15) is 4.31 Å². The first-order chi connectivity index (χ1) is 7.47. The van der Waals surface area contributed by atoms with Crippen LogP contribution in [0.25, 0.3) is 0 Å². The van der Waals surface area contributed by atoms with E-state index >= 15 is 0 Å². The highest BCUT2D eigenvalue weighted by Gasteiger charge is 2.25. The van der Waals surface area contributed by atoms with Gasteiger partial charge in [-0.25, -0.2) is 8.42 Å². The Labute approximate surface area is 101 Å². The Bertz CT molecular complexity index is 447. The van der Waals surface area contributed by atoms with Crippen LogP contribution in [0.3, 0.4) is 0 Å². The Morgan fingerprint density at radius 3 is 2.31 bits per heavy atom. The first-order valence-corrected chi connectivity index (χ1v) is 7.52. The summed E-state index contributed by atoms with van der Waals surface area (Å²) in [5.41, 5.74) is 5.52. The third kappa shape index (κ3) is 2.45. The molecule has 92 valence electrons. The van der Waals surface area contributed by atoms with Gasteiger partial charge in [0.25, 0.3) is 0 Å². The molecule has 0 saturated heterocycles. The molecule has 16 heavy (non-hydrogen) atoms. The van der Waals surface area contributed by atoms with Crippen LogP contribution in [0.4, 0.5) is 0 Å². The van der Waals surface area contributed by atoms with Crippen molar-refractivity contribution in [2.45, 2.75) is 32.2 Å². The van der Waals surface area contributed by atoms with Gasteiger partial charge in [0.05, 0.1) is 4.90 Å². The molecule has 0 spiro atoms. The van der Waals surface area contributed by atoms with E-state index in [0.717, 1.165) is 9.75 Å². The molecule has 0 aliphatic carbocycles. The molecule has 0 amide bonds. The summed E-state index contributed by atoms with van der Waals surface area (Å²) in [6.45, 7) is 6.87. The van der Waals surface area contributed by atoms with Crippen LogP contribution >= 0.6 is 11.3 Å². The van der Waals surface area contributed by atoms with Crippen LogP contribution in [0.2, 0.25) is 0 Å². The van der Waals surface area contributed by atoms with Gasteiger partial charge in [-0.05, 0) is 13.0 Å². The van der Waals surface area contributed by atoms with E-state index in [4.69, 9.17) is 5.73 Å². The van der Waals surface area contributed by atoms with Crippen molar-refractivity contribution in [1.29, 1.82) is 0 Å². The van der Waals surface area contributed by atoms with Crippen molar-refractivity contribution in [3.8, 4) is 0 Å². The topological polar surface area (TPSA) is 63.4 Å². The molecule has 0 unspecified atom stereocenters. The highest BCUT2D eigenvalue weighted by atomic mass is 32.2. The molecule has 1 aromatic heterocycles. The number of aryl methyl sites for hydroxylation is 1. The molecule has 1 rings (SSSR count). The summed E-state index contributed by atoms with van der Waals surface area (Å²) < 4.78 is 25.9. The minimum Gasteiger partial charge on any atom is -0.326 e. The summed E-state index contributed by atoms with van der Waals surface area (Å²) in [5.74, 6) is 0. The van der Waals surface area contributed by atoms with Crippen LogP contribution < -0.4 is 5.73 Å². The third-order valence-corrected chi connectivity index (χ3v) is 5.83. The van der Waals surface area contributed by atoms with E-state index in [2.05, 4.69) is 0 Å². The minimum absolute atomic E-state index is 0.388. The Morgan fingerprint density at radius 1 is 1.38 bits per heavy atom. The zero-order chi connectivity index (χ0) is 12.3. The fourth-order valence-corrected chi connectivity index (χ4v) is 4.52. The summed E-state index contributed by atoms with van der Waals surface area (Å²) in [7, 11) is -3.33. The molecule has 0 fully saturated rings. The molecular weight excluding hydrogens is 244 g/mol. The number of nitrogens with zero attached hydrogens (tertiary/aromatic N) is 1. The molecule has 0 radical (unpaired) electrons. The van der Waals surface area contributed by atoms with Crippen molar-refractivity contribution in [2.75, 3.05) is 13.1 Å². The Morgan fingerprint density at radius 2 is 1.94 bits per heavy atom. The maximum Gasteiger partial charge on any atom is 0.244 e. The van der Waals surface area contributed by atoms with Crippen molar-refractivity contribution in [3.63, 3.8) is 0 Å². The Kier molecular flexibility index (Phi) is 4.49. The lowest BCUT2D eigenvalue weighted by molar-refractivity contribution is 0.445. The van der Waals surface area contributed by atoms with Gasteiger partial charge in [0.1, 0.15) is 0 Å². The van der Waals surface area contributed by atoms with Gasteiger partial charge in [-0.1, -0.05) is 13.8 Å². The molecule has 0 saturated carbocycles. The lowest BCUT2D eigenvalue weighted by Crippen LogP contribution is -2.30. The van der Waals surface area contributed by atoms with Crippen molar-refractivity contribution in [1.82, 2.24) is 4.31 Å². The Hall–Kier alpha value is -0.430. The summed E-state index contributed by atoms with van der Waals surface area (Å²) in [6.07, 6.45) is 0. The normalized spacial score (nSPS) is 12.3. The lowest BCUT2D eigenvalue weighted by atomic mass is 10.4. The van der Waals surface area contributed by atoms with E-state index in [0.29, 0.717) is 24.5 Å². The van der Waals surface area contributed by atoms with Gasteiger partial charge >= 0.3 is 0 Å². The van der Waals surface area contributed by atoms with Crippen LogP contribution in [0.5, 0.6) is 0 Å². The van der Waals surface area contributed by atoms with Crippen molar-refractivity contribution in [2.24, 2.45) is 5.73 Å². The molecule has 0 aliphatic rings. The number of rotatable bonds is 5. The second-order valence-corrected chi connectivity index (χ2v) is 6.67. The molecule has 1 heterocycles. The molecule has 1 aromatic rings. The van der Waals surface area contributed by atoms with Gasteiger partial charge in [0.2, 0.25) is 10.0 Å². The standard InChI is InChI=1S/C10H18N2O2S2/c1-4-12(5-2)16(13,14)10-6-9(7-11)15-8(10)3/h6H,4-5,7,11H2,1-3H3. The second-order valence-electron chi connectivity index (χ2n) is 3.43. The van der Waals surface area contributed by atoms with Crippen LogP contribution in [0, 0.1) is 6.92 Å². The summed E-state index contributed by atoms with van der Waals surface area (Å²) >= 11 is 1.45. The number of nitrogens with two attached hydrogens (primary N) is 1. The van der Waals surface area contributed by atoms with E-state index in [1.807, 2.05) is 20.8 Å². The van der Waals surface area contributed by atoms with Gasteiger partial charge in [0.15, 0.2) is 0 Å². The zero-order valence-corrected chi connectivity index (χ0v) is 11.5. The predicted molar refractivity (Wildman–Crippen MR) is 67.1 cm³/mol. The number of thiophene rings is 1.